The van der Waals surface area contributed by atoms with Crippen molar-refractivity contribution >= 4 is 29.4 Å². The summed E-state index contributed by atoms with van der Waals surface area (Å²) in [5, 5.41) is 11.6. The Bertz CT molecular complexity index is 445. The third kappa shape index (κ3) is 3.96. The summed E-state index contributed by atoms with van der Waals surface area (Å²) in [5.41, 5.74) is 0.0609. The molecule has 0 radical (unpaired) electrons. The van der Waals surface area contributed by atoms with Crippen LogP contribution in [0.2, 0.25) is 5.02 Å². The fraction of sp³-hybridized carbons (Fsp3) is 0.273. The highest BCUT2D eigenvalue weighted by molar-refractivity contribution is 6.31. The SMILES string of the molecule is CC(C)OC(=O)Nc1ccc(Cl)cc1C(=O)O. The highest BCUT2D eigenvalue weighted by atomic mass is 35.5. The minimum absolute atomic E-state index is 0.0850. The number of carboxylic acid groups (broad SMARTS) is 1. The van der Waals surface area contributed by atoms with E-state index in [0.29, 0.717) is 0 Å². The maximum atomic E-state index is 11.3. The smallest absolute Gasteiger partial charge is 0.411 e. The van der Waals surface area contributed by atoms with E-state index in [9.17, 15) is 9.59 Å². The molecular formula is C11H12ClNO4. The zero-order valence-corrected chi connectivity index (χ0v) is 10.1. The number of hydrogen-bond acceptors (Lipinski definition) is 3. The van der Waals surface area contributed by atoms with E-state index < -0.39 is 12.1 Å². The molecule has 6 heteroatoms. The lowest BCUT2D eigenvalue weighted by Gasteiger charge is -2.11. The standard InChI is InChI=1S/C11H12ClNO4/c1-6(2)17-11(16)13-9-4-3-7(12)5-8(9)10(14)15/h3-6H,1-2H3,(H,13,16)(H,14,15). The Kier molecular flexibility index (Phi) is 4.34. The van der Waals surface area contributed by atoms with Crippen molar-refractivity contribution in [2.75, 3.05) is 5.32 Å². The number of benzene rings is 1. The second kappa shape index (κ2) is 5.54. The van der Waals surface area contributed by atoms with Crippen LogP contribution in [-0.4, -0.2) is 23.3 Å². The van der Waals surface area contributed by atoms with Gasteiger partial charge < -0.3 is 9.84 Å². The van der Waals surface area contributed by atoms with Gasteiger partial charge in [0.1, 0.15) is 0 Å². The molecule has 1 aromatic rings. The van der Waals surface area contributed by atoms with Gasteiger partial charge in [-0.25, -0.2) is 9.59 Å². The highest BCUT2D eigenvalue weighted by Gasteiger charge is 2.14. The number of anilines is 1. The van der Waals surface area contributed by atoms with Crippen LogP contribution in [0.15, 0.2) is 18.2 Å². The molecule has 0 spiro atoms. The summed E-state index contributed by atoms with van der Waals surface area (Å²) in [6, 6.07) is 4.15. The van der Waals surface area contributed by atoms with Gasteiger partial charge >= 0.3 is 12.1 Å². The Morgan fingerprint density at radius 3 is 2.59 bits per heavy atom. The molecule has 1 aromatic carbocycles. The Balaban J connectivity index is 2.91. The molecule has 0 aromatic heterocycles. The van der Waals surface area contributed by atoms with Crippen LogP contribution in [0.5, 0.6) is 0 Å². The molecular weight excluding hydrogens is 246 g/mol. The number of carboxylic acids is 1. The van der Waals surface area contributed by atoms with E-state index in [2.05, 4.69) is 5.32 Å². The van der Waals surface area contributed by atoms with Crippen molar-refractivity contribution in [3.05, 3.63) is 28.8 Å². The van der Waals surface area contributed by atoms with Crippen LogP contribution in [0, 0.1) is 0 Å². The van der Waals surface area contributed by atoms with Crippen LogP contribution in [-0.2, 0) is 4.74 Å². The maximum absolute atomic E-state index is 11.3. The molecule has 0 aliphatic rings. The van der Waals surface area contributed by atoms with Crippen LogP contribution in [0.4, 0.5) is 10.5 Å². The first kappa shape index (κ1) is 13.3. The number of carbonyl (C=O) groups excluding carboxylic acids is 1. The summed E-state index contributed by atoms with van der Waals surface area (Å²) in [6.45, 7) is 3.39. The molecule has 1 rings (SSSR count). The number of hydrogen-bond donors (Lipinski definition) is 2. The molecule has 0 unspecified atom stereocenters. The van der Waals surface area contributed by atoms with Crippen LogP contribution in [0.25, 0.3) is 0 Å². The average Bonchev–Trinajstić information content (AvgIpc) is 2.19. The quantitative estimate of drug-likeness (QED) is 0.873. The lowest BCUT2D eigenvalue weighted by molar-refractivity contribution is 0.0698. The first-order chi connectivity index (χ1) is 7.90. The predicted octanol–water partition coefficient (Wildman–Crippen LogP) is 3.00. The summed E-state index contributed by atoms with van der Waals surface area (Å²) in [6.07, 6.45) is -0.986. The van der Waals surface area contributed by atoms with E-state index in [1.165, 1.54) is 18.2 Å². The lowest BCUT2D eigenvalue weighted by Crippen LogP contribution is -2.19. The molecule has 92 valence electrons. The van der Waals surface area contributed by atoms with Crippen molar-refractivity contribution in [1.82, 2.24) is 0 Å². The van der Waals surface area contributed by atoms with Crippen molar-refractivity contribution in [1.29, 1.82) is 0 Å². The highest BCUT2D eigenvalue weighted by Crippen LogP contribution is 2.21. The molecule has 2 N–H and O–H groups in total. The zero-order chi connectivity index (χ0) is 13.0. The molecule has 0 fully saturated rings. The van der Waals surface area contributed by atoms with Crippen molar-refractivity contribution in [2.45, 2.75) is 20.0 Å². The molecule has 5 nitrogen and oxygen atoms in total. The van der Waals surface area contributed by atoms with Crippen LogP contribution in [0.3, 0.4) is 0 Å². The molecule has 0 saturated carbocycles. The molecule has 17 heavy (non-hydrogen) atoms. The van der Waals surface area contributed by atoms with Gasteiger partial charge in [0.15, 0.2) is 0 Å². The van der Waals surface area contributed by atoms with Gasteiger partial charge in [0.2, 0.25) is 0 Å². The number of rotatable bonds is 3. The van der Waals surface area contributed by atoms with Gasteiger partial charge in [-0.1, -0.05) is 11.6 Å². The molecule has 1 amide bonds. The largest absolute Gasteiger partial charge is 0.478 e. The molecule has 0 saturated heterocycles. The molecule has 0 aliphatic carbocycles. The number of amides is 1. The van der Waals surface area contributed by atoms with Gasteiger partial charge in [0, 0.05) is 5.02 Å². The van der Waals surface area contributed by atoms with E-state index >= 15 is 0 Å². The Hall–Kier alpha value is -1.75. The first-order valence-corrected chi connectivity index (χ1v) is 5.28. The number of aromatic carboxylic acids is 1. The molecule has 0 aliphatic heterocycles. The van der Waals surface area contributed by atoms with Crippen LogP contribution in [0.1, 0.15) is 24.2 Å². The third-order valence-electron chi connectivity index (χ3n) is 1.79. The van der Waals surface area contributed by atoms with E-state index in [-0.39, 0.29) is 22.4 Å². The molecule has 0 atom stereocenters. The van der Waals surface area contributed by atoms with Crippen molar-refractivity contribution in [3.8, 4) is 0 Å². The summed E-state index contributed by atoms with van der Waals surface area (Å²) >= 11 is 5.67. The van der Waals surface area contributed by atoms with Crippen molar-refractivity contribution < 1.29 is 19.4 Å². The van der Waals surface area contributed by atoms with Gasteiger partial charge in [-0.3, -0.25) is 5.32 Å². The van der Waals surface area contributed by atoms with Crippen LogP contribution >= 0.6 is 11.6 Å². The van der Waals surface area contributed by atoms with Gasteiger partial charge in [-0.15, -0.1) is 0 Å². The maximum Gasteiger partial charge on any atom is 0.411 e. The summed E-state index contributed by atoms with van der Waals surface area (Å²) < 4.78 is 4.84. The van der Waals surface area contributed by atoms with Gasteiger partial charge in [-0.05, 0) is 32.0 Å². The van der Waals surface area contributed by atoms with E-state index in [4.69, 9.17) is 21.4 Å². The number of nitrogens with one attached hydrogen (secondary N) is 1. The fourth-order valence-corrected chi connectivity index (χ4v) is 1.33. The second-order valence-electron chi connectivity index (χ2n) is 3.57. The monoisotopic (exact) mass is 257 g/mol. The zero-order valence-electron chi connectivity index (χ0n) is 9.36. The number of ether oxygens (including phenoxy) is 1. The predicted molar refractivity (Wildman–Crippen MR) is 63.7 cm³/mol. The Morgan fingerprint density at radius 2 is 2.06 bits per heavy atom. The van der Waals surface area contributed by atoms with E-state index in [1.54, 1.807) is 13.8 Å². The third-order valence-corrected chi connectivity index (χ3v) is 2.03. The van der Waals surface area contributed by atoms with Crippen molar-refractivity contribution in [2.24, 2.45) is 0 Å². The number of halogens is 1. The number of carbonyl (C=O) groups is 2. The van der Waals surface area contributed by atoms with Gasteiger partial charge in [-0.2, -0.15) is 0 Å². The summed E-state index contributed by atoms with van der Waals surface area (Å²) in [7, 11) is 0. The Morgan fingerprint density at radius 1 is 1.41 bits per heavy atom. The van der Waals surface area contributed by atoms with E-state index in [1.807, 2.05) is 0 Å². The average molecular weight is 258 g/mol. The lowest BCUT2D eigenvalue weighted by atomic mass is 10.2. The van der Waals surface area contributed by atoms with Gasteiger partial charge in [0.05, 0.1) is 17.4 Å². The molecule has 0 heterocycles. The minimum atomic E-state index is -1.17. The van der Waals surface area contributed by atoms with E-state index in [0.717, 1.165) is 0 Å². The Labute approximate surface area is 103 Å². The molecule has 0 bridgehead atoms. The summed E-state index contributed by atoms with van der Waals surface area (Å²) in [4.78, 5) is 22.3. The summed E-state index contributed by atoms with van der Waals surface area (Å²) in [5.74, 6) is -1.17. The minimum Gasteiger partial charge on any atom is -0.478 e. The second-order valence-corrected chi connectivity index (χ2v) is 4.01. The van der Waals surface area contributed by atoms with Gasteiger partial charge in [0.25, 0.3) is 0 Å². The normalized spacial score (nSPS) is 10.1. The van der Waals surface area contributed by atoms with Crippen molar-refractivity contribution in [3.63, 3.8) is 0 Å². The van der Waals surface area contributed by atoms with Crippen LogP contribution < -0.4 is 5.32 Å². The first-order valence-electron chi connectivity index (χ1n) is 4.90. The topological polar surface area (TPSA) is 75.6 Å². The fourth-order valence-electron chi connectivity index (χ4n) is 1.16.